The fraction of sp³-hybridized carbons (Fsp3) is 0.211. The number of nitrogens with one attached hydrogen (secondary N) is 1. The molecule has 25 heavy (non-hydrogen) atoms. The lowest BCUT2D eigenvalue weighted by molar-refractivity contribution is 0.0941. The predicted molar refractivity (Wildman–Crippen MR) is 93.2 cm³/mol. The van der Waals surface area contributed by atoms with Gasteiger partial charge in [-0.25, -0.2) is 14.1 Å². The number of hydrogen-bond donors (Lipinski definition) is 1. The molecule has 0 aliphatic carbocycles. The molecule has 1 heterocycles. The van der Waals surface area contributed by atoms with Crippen LogP contribution in [0.5, 0.6) is 0 Å². The minimum Gasteiger partial charge on any atom is -0.349 e. The fourth-order valence-corrected chi connectivity index (χ4v) is 2.54. The summed E-state index contributed by atoms with van der Waals surface area (Å²) in [4.78, 5) is 16.5. The van der Waals surface area contributed by atoms with Crippen LogP contribution < -0.4 is 5.32 Å². The van der Waals surface area contributed by atoms with Crippen molar-refractivity contribution >= 4 is 5.91 Å². The minimum absolute atomic E-state index is 0.0992. The highest BCUT2D eigenvalue weighted by atomic mass is 19.1. The Morgan fingerprint density at radius 3 is 2.52 bits per heavy atom. The Labute approximate surface area is 145 Å². The molecule has 0 saturated heterocycles. The van der Waals surface area contributed by atoms with Crippen molar-refractivity contribution in [1.29, 1.82) is 0 Å². The summed E-state index contributed by atoms with van der Waals surface area (Å²) in [5.74, 6) is 0.196. The van der Waals surface area contributed by atoms with Gasteiger partial charge in [-0.1, -0.05) is 37.3 Å². The molecular weight excluding hydrogens is 319 g/mol. The molecule has 0 bridgehead atoms. The molecule has 0 spiro atoms. The standard InChI is InChI=1S/C19H19FN4O/c1-13(15-6-4-3-5-7-15)12-21-19(25)18-22-14(2)24(23-18)17-10-8-16(20)9-11-17/h3-11,13H,12H2,1-2H3,(H,21,25)/t13-/m1/s1. The maximum absolute atomic E-state index is 13.0. The lowest BCUT2D eigenvalue weighted by Crippen LogP contribution is -2.28. The fourth-order valence-electron chi connectivity index (χ4n) is 2.54. The highest BCUT2D eigenvalue weighted by Gasteiger charge is 2.16. The second-order valence-corrected chi connectivity index (χ2v) is 5.89. The van der Waals surface area contributed by atoms with Crippen LogP contribution in [0.4, 0.5) is 4.39 Å². The van der Waals surface area contributed by atoms with Crippen LogP contribution in [0, 0.1) is 12.7 Å². The molecule has 1 amide bonds. The lowest BCUT2D eigenvalue weighted by atomic mass is 10.0. The molecule has 128 valence electrons. The molecule has 1 N–H and O–H groups in total. The van der Waals surface area contributed by atoms with Crippen molar-refractivity contribution < 1.29 is 9.18 Å². The molecular formula is C19H19FN4O. The zero-order valence-corrected chi connectivity index (χ0v) is 14.1. The van der Waals surface area contributed by atoms with E-state index in [4.69, 9.17) is 0 Å². The quantitative estimate of drug-likeness (QED) is 0.777. The first-order valence-electron chi connectivity index (χ1n) is 8.07. The van der Waals surface area contributed by atoms with E-state index in [2.05, 4.69) is 15.4 Å². The summed E-state index contributed by atoms with van der Waals surface area (Å²) < 4.78 is 14.6. The first-order valence-corrected chi connectivity index (χ1v) is 8.07. The molecule has 0 fully saturated rings. The third-order valence-corrected chi connectivity index (χ3v) is 3.98. The first-order chi connectivity index (χ1) is 12.0. The number of nitrogens with zero attached hydrogens (tertiary/aromatic N) is 3. The van der Waals surface area contributed by atoms with Gasteiger partial charge in [0, 0.05) is 6.54 Å². The highest BCUT2D eigenvalue weighted by molar-refractivity contribution is 5.90. The Morgan fingerprint density at radius 1 is 1.16 bits per heavy atom. The van der Waals surface area contributed by atoms with Crippen LogP contribution in [0.3, 0.4) is 0 Å². The van der Waals surface area contributed by atoms with E-state index in [1.54, 1.807) is 19.1 Å². The Hall–Kier alpha value is -3.02. The molecule has 0 unspecified atom stereocenters. The molecule has 6 heteroatoms. The molecule has 1 aromatic heterocycles. The Bertz CT molecular complexity index is 859. The minimum atomic E-state index is -0.327. The number of benzene rings is 2. The monoisotopic (exact) mass is 338 g/mol. The van der Waals surface area contributed by atoms with Gasteiger partial charge in [0.25, 0.3) is 5.91 Å². The first kappa shape index (κ1) is 16.8. The Kier molecular flexibility index (Phi) is 4.88. The average molecular weight is 338 g/mol. The summed E-state index contributed by atoms with van der Waals surface area (Å²) >= 11 is 0. The van der Waals surface area contributed by atoms with Gasteiger partial charge in [-0.15, -0.1) is 5.10 Å². The average Bonchev–Trinajstić information content (AvgIpc) is 3.02. The largest absolute Gasteiger partial charge is 0.349 e. The number of rotatable bonds is 5. The van der Waals surface area contributed by atoms with E-state index in [0.717, 1.165) is 5.56 Å². The Morgan fingerprint density at radius 2 is 1.84 bits per heavy atom. The van der Waals surface area contributed by atoms with Crippen molar-refractivity contribution in [1.82, 2.24) is 20.1 Å². The third kappa shape index (κ3) is 3.91. The Balaban J connectivity index is 1.69. The number of carbonyl (C=O) groups excluding carboxylic acids is 1. The van der Waals surface area contributed by atoms with Crippen LogP contribution in [-0.4, -0.2) is 27.2 Å². The van der Waals surface area contributed by atoms with Gasteiger partial charge in [-0.2, -0.15) is 0 Å². The predicted octanol–water partition coefficient (Wildman–Crippen LogP) is 3.25. The van der Waals surface area contributed by atoms with Gasteiger partial charge in [-0.05, 0) is 42.7 Å². The molecule has 0 aliphatic heterocycles. The number of amides is 1. The van der Waals surface area contributed by atoms with Crippen molar-refractivity contribution in [2.45, 2.75) is 19.8 Å². The van der Waals surface area contributed by atoms with Crippen molar-refractivity contribution in [3.8, 4) is 5.69 Å². The van der Waals surface area contributed by atoms with Crippen molar-refractivity contribution in [2.24, 2.45) is 0 Å². The summed E-state index contributed by atoms with van der Waals surface area (Å²) in [6.45, 7) is 4.29. The molecule has 5 nitrogen and oxygen atoms in total. The van der Waals surface area contributed by atoms with E-state index in [0.29, 0.717) is 18.1 Å². The van der Waals surface area contributed by atoms with Crippen molar-refractivity contribution in [3.63, 3.8) is 0 Å². The van der Waals surface area contributed by atoms with E-state index in [-0.39, 0.29) is 23.5 Å². The van der Waals surface area contributed by atoms with Crippen LogP contribution in [0.15, 0.2) is 54.6 Å². The molecule has 3 aromatic rings. The van der Waals surface area contributed by atoms with E-state index in [1.807, 2.05) is 37.3 Å². The van der Waals surface area contributed by atoms with E-state index in [9.17, 15) is 9.18 Å². The lowest BCUT2D eigenvalue weighted by Gasteiger charge is -2.11. The third-order valence-electron chi connectivity index (χ3n) is 3.98. The molecule has 2 aromatic carbocycles. The normalized spacial score (nSPS) is 12.0. The summed E-state index contributed by atoms with van der Waals surface area (Å²) in [6.07, 6.45) is 0. The van der Waals surface area contributed by atoms with E-state index >= 15 is 0 Å². The summed E-state index contributed by atoms with van der Waals surface area (Å²) in [5, 5.41) is 7.09. The van der Waals surface area contributed by atoms with Gasteiger partial charge in [0.1, 0.15) is 11.6 Å². The number of aryl methyl sites for hydroxylation is 1. The number of hydrogen-bond acceptors (Lipinski definition) is 3. The van der Waals surface area contributed by atoms with Crippen molar-refractivity contribution in [3.05, 3.63) is 77.6 Å². The van der Waals surface area contributed by atoms with Crippen LogP contribution >= 0.6 is 0 Å². The zero-order chi connectivity index (χ0) is 17.8. The molecule has 0 saturated carbocycles. The number of aromatic nitrogens is 3. The van der Waals surface area contributed by atoms with Gasteiger partial charge >= 0.3 is 0 Å². The van der Waals surface area contributed by atoms with E-state index < -0.39 is 0 Å². The van der Waals surface area contributed by atoms with Crippen LogP contribution in [-0.2, 0) is 0 Å². The smallest absolute Gasteiger partial charge is 0.291 e. The number of carbonyl (C=O) groups is 1. The molecule has 3 rings (SSSR count). The van der Waals surface area contributed by atoms with Crippen LogP contribution in [0.1, 0.15) is 34.8 Å². The van der Waals surface area contributed by atoms with Crippen LogP contribution in [0.25, 0.3) is 5.69 Å². The maximum Gasteiger partial charge on any atom is 0.291 e. The van der Waals surface area contributed by atoms with E-state index in [1.165, 1.54) is 16.8 Å². The molecule has 0 aliphatic rings. The second-order valence-electron chi connectivity index (χ2n) is 5.89. The van der Waals surface area contributed by atoms with Gasteiger partial charge < -0.3 is 5.32 Å². The summed E-state index contributed by atoms with van der Waals surface area (Å²) in [6, 6.07) is 15.8. The molecule has 0 radical (unpaired) electrons. The summed E-state index contributed by atoms with van der Waals surface area (Å²) in [7, 11) is 0. The second kappa shape index (κ2) is 7.25. The SMILES string of the molecule is Cc1nc(C(=O)NC[C@@H](C)c2ccccc2)nn1-c1ccc(F)cc1. The van der Waals surface area contributed by atoms with Crippen LogP contribution in [0.2, 0.25) is 0 Å². The summed E-state index contributed by atoms with van der Waals surface area (Å²) in [5.41, 5.74) is 1.81. The van der Waals surface area contributed by atoms with Crippen molar-refractivity contribution in [2.75, 3.05) is 6.54 Å². The number of halogens is 1. The van der Waals surface area contributed by atoms with Gasteiger partial charge in [-0.3, -0.25) is 4.79 Å². The van der Waals surface area contributed by atoms with Gasteiger partial charge in [0.05, 0.1) is 5.69 Å². The maximum atomic E-state index is 13.0. The van der Waals surface area contributed by atoms with Gasteiger partial charge in [0.2, 0.25) is 5.82 Å². The zero-order valence-electron chi connectivity index (χ0n) is 14.1. The van der Waals surface area contributed by atoms with Gasteiger partial charge in [0.15, 0.2) is 0 Å². The highest BCUT2D eigenvalue weighted by Crippen LogP contribution is 2.14. The topological polar surface area (TPSA) is 59.8 Å². The molecule has 1 atom stereocenters.